The summed E-state index contributed by atoms with van der Waals surface area (Å²) in [7, 11) is 0. The van der Waals surface area contributed by atoms with Crippen LogP contribution in [0.4, 0.5) is 19.6 Å². The number of pyridine rings is 2. The molecule has 0 aliphatic carbocycles. The Hall–Kier alpha value is -3.72. The minimum absolute atomic E-state index is 0.139. The first kappa shape index (κ1) is 18.6. The van der Waals surface area contributed by atoms with Crippen molar-refractivity contribution in [2.24, 2.45) is 0 Å². The molecular formula is C20H13F2N5OS. The van der Waals surface area contributed by atoms with Crippen LogP contribution in [-0.4, -0.2) is 20.9 Å². The lowest BCUT2D eigenvalue weighted by molar-refractivity contribution is 0.101. The van der Waals surface area contributed by atoms with Gasteiger partial charge in [0.15, 0.2) is 0 Å². The van der Waals surface area contributed by atoms with Gasteiger partial charge < -0.3 is 11.1 Å². The number of carbonyl (C=O) groups is 1. The molecule has 1 aromatic carbocycles. The van der Waals surface area contributed by atoms with Crippen molar-refractivity contribution in [1.82, 2.24) is 15.0 Å². The second-order valence-corrected chi connectivity index (χ2v) is 6.96. The highest BCUT2D eigenvalue weighted by Crippen LogP contribution is 2.35. The minimum atomic E-state index is -0.948. The summed E-state index contributed by atoms with van der Waals surface area (Å²) in [4.78, 5) is 25.0. The number of hydrogen-bond donors (Lipinski definition) is 2. The van der Waals surface area contributed by atoms with E-state index < -0.39 is 23.1 Å². The molecule has 4 rings (SSSR count). The zero-order valence-electron chi connectivity index (χ0n) is 14.8. The third-order valence-corrected chi connectivity index (χ3v) is 4.91. The van der Waals surface area contributed by atoms with Crippen molar-refractivity contribution in [1.29, 1.82) is 0 Å². The fourth-order valence-electron chi connectivity index (χ4n) is 2.64. The molecule has 1 amide bonds. The molecule has 0 radical (unpaired) electrons. The van der Waals surface area contributed by atoms with Crippen LogP contribution in [-0.2, 0) is 0 Å². The number of aromatic nitrogens is 3. The van der Waals surface area contributed by atoms with Crippen molar-refractivity contribution < 1.29 is 13.6 Å². The smallest absolute Gasteiger partial charge is 0.262 e. The van der Waals surface area contributed by atoms with E-state index in [9.17, 15) is 13.6 Å². The van der Waals surface area contributed by atoms with E-state index in [1.807, 2.05) is 18.2 Å². The first-order chi connectivity index (χ1) is 14.0. The Morgan fingerprint density at radius 1 is 1.00 bits per heavy atom. The van der Waals surface area contributed by atoms with Gasteiger partial charge in [0, 0.05) is 18.0 Å². The topological polar surface area (TPSA) is 93.8 Å². The molecule has 0 saturated carbocycles. The summed E-state index contributed by atoms with van der Waals surface area (Å²) in [5, 5.41) is 3.54. The van der Waals surface area contributed by atoms with Crippen molar-refractivity contribution in [3.05, 3.63) is 78.1 Å². The number of anilines is 2. The number of carbonyl (C=O) groups excluding carboxylic acids is 1. The number of nitrogens with one attached hydrogen (secondary N) is 1. The SMILES string of the molecule is Nc1sc(-c2ccccn2)nc1-c1ccc(NC(=O)c2c(F)cccc2F)nc1. The van der Waals surface area contributed by atoms with Gasteiger partial charge in [0.05, 0.1) is 5.69 Å². The van der Waals surface area contributed by atoms with Gasteiger partial charge in [-0.3, -0.25) is 9.78 Å². The number of benzene rings is 1. The average molecular weight is 409 g/mol. The number of nitrogens with two attached hydrogens (primary N) is 1. The Balaban J connectivity index is 1.56. The van der Waals surface area contributed by atoms with Crippen LogP contribution in [0.15, 0.2) is 60.9 Å². The van der Waals surface area contributed by atoms with Crippen molar-refractivity contribution in [3.8, 4) is 22.0 Å². The van der Waals surface area contributed by atoms with Gasteiger partial charge in [-0.2, -0.15) is 0 Å². The van der Waals surface area contributed by atoms with Gasteiger partial charge in [-0.05, 0) is 36.4 Å². The molecule has 0 saturated heterocycles. The van der Waals surface area contributed by atoms with Crippen molar-refractivity contribution in [3.63, 3.8) is 0 Å². The second kappa shape index (κ2) is 7.72. The van der Waals surface area contributed by atoms with Crippen LogP contribution in [0.3, 0.4) is 0 Å². The maximum atomic E-state index is 13.7. The Kier molecular flexibility index (Phi) is 4.96. The summed E-state index contributed by atoms with van der Waals surface area (Å²) in [6, 6.07) is 11.9. The van der Waals surface area contributed by atoms with Crippen LogP contribution < -0.4 is 11.1 Å². The minimum Gasteiger partial charge on any atom is -0.389 e. The first-order valence-electron chi connectivity index (χ1n) is 8.42. The summed E-state index contributed by atoms with van der Waals surface area (Å²) in [5.74, 6) is -2.68. The van der Waals surface area contributed by atoms with Crippen LogP contribution in [0.25, 0.3) is 22.0 Å². The monoisotopic (exact) mass is 409 g/mol. The summed E-state index contributed by atoms with van der Waals surface area (Å²) < 4.78 is 27.5. The predicted molar refractivity (Wildman–Crippen MR) is 107 cm³/mol. The predicted octanol–water partition coefficient (Wildman–Crippen LogP) is 4.38. The summed E-state index contributed by atoms with van der Waals surface area (Å²) in [6.07, 6.45) is 3.14. The van der Waals surface area contributed by atoms with Crippen LogP contribution in [0, 0.1) is 11.6 Å². The molecule has 3 heterocycles. The molecule has 9 heteroatoms. The van der Waals surface area contributed by atoms with Crippen molar-refractivity contribution in [2.45, 2.75) is 0 Å². The lowest BCUT2D eigenvalue weighted by atomic mass is 10.2. The van der Waals surface area contributed by atoms with Gasteiger partial charge in [-0.25, -0.2) is 18.7 Å². The zero-order chi connectivity index (χ0) is 20.4. The second-order valence-electron chi connectivity index (χ2n) is 5.93. The van der Waals surface area contributed by atoms with Gasteiger partial charge in [0.1, 0.15) is 38.7 Å². The van der Waals surface area contributed by atoms with E-state index in [2.05, 4.69) is 20.3 Å². The third-order valence-electron chi connectivity index (χ3n) is 4.01. The standard InChI is InChI=1S/C20H13F2N5OS/c21-12-4-3-5-13(22)16(12)19(28)26-15-8-7-11(10-25-15)17-18(23)29-20(27-17)14-6-1-2-9-24-14/h1-10H,23H2,(H,25,26,28). The molecule has 3 aromatic heterocycles. The zero-order valence-corrected chi connectivity index (χ0v) is 15.6. The Bertz CT molecular complexity index is 1160. The summed E-state index contributed by atoms with van der Waals surface area (Å²) in [6.45, 7) is 0. The van der Waals surface area contributed by atoms with Crippen molar-refractivity contribution >= 4 is 28.1 Å². The molecule has 144 valence electrons. The fourth-order valence-corrected chi connectivity index (χ4v) is 3.47. The van der Waals surface area contributed by atoms with Gasteiger partial charge in [0.2, 0.25) is 0 Å². The van der Waals surface area contributed by atoms with E-state index in [0.29, 0.717) is 27.0 Å². The van der Waals surface area contributed by atoms with Gasteiger partial charge in [-0.1, -0.05) is 23.5 Å². The molecule has 0 bridgehead atoms. The van der Waals surface area contributed by atoms with Gasteiger partial charge in [0.25, 0.3) is 5.91 Å². The van der Waals surface area contributed by atoms with Gasteiger partial charge in [-0.15, -0.1) is 0 Å². The molecule has 0 aliphatic rings. The first-order valence-corrected chi connectivity index (χ1v) is 9.24. The number of thiazole rings is 1. The van der Waals surface area contributed by atoms with E-state index in [0.717, 1.165) is 12.1 Å². The molecule has 3 N–H and O–H groups in total. The number of halogens is 2. The molecule has 0 atom stereocenters. The van der Waals surface area contributed by atoms with E-state index in [1.165, 1.54) is 29.7 Å². The van der Waals surface area contributed by atoms with Crippen molar-refractivity contribution in [2.75, 3.05) is 11.1 Å². The van der Waals surface area contributed by atoms with E-state index >= 15 is 0 Å². The Morgan fingerprint density at radius 3 is 2.45 bits per heavy atom. The normalized spacial score (nSPS) is 10.7. The highest BCUT2D eigenvalue weighted by molar-refractivity contribution is 7.19. The van der Waals surface area contributed by atoms with Crippen LogP contribution in [0.2, 0.25) is 0 Å². The molecule has 0 fully saturated rings. The van der Waals surface area contributed by atoms with E-state index in [1.54, 1.807) is 12.3 Å². The lowest BCUT2D eigenvalue weighted by Gasteiger charge is -2.07. The maximum absolute atomic E-state index is 13.7. The van der Waals surface area contributed by atoms with Crippen LogP contribution >= 0.6 is 11.3 Å². The van der Waals surface area contributed by atoms with Crippen LogP contribution in [0.1, 0.15) is 10.4 Å². The molecule has 29 heavy (non-hydrogen) atoms. The molecule has 4 aromatic rings. The Morgan fingerprint density at radius 2 is 1.79 bits per heavy atom. The highest BCUT2D eigenvalue weighted by Gasteiger charge is 2.18. The van der Waals surface area contributed by atoms with Gasteiger partial charge >= 0.3 is 0 Å². The lowest BCUT2D eigenvalue weighted by Crippen LogP contribution is -2.16. The number of nitrogens with zero attached hydrogens (tertiary/aromatic N) is 3. The maximum Gasteiger partial charge on any atom is 0.262 e. The molecule has 0 aliphatic heterocycles. The van der Waals surface area contributed by atoms with E-state index in [4.69, 9.17) is 5.73 Å². The summed E-state index contributed by atoms with van der Waals surface area (Å²) >= 11 is 1.30. The molecule has 6 nitrogen and oxygen atoms in total. The van der Waals surface area contributed by atoms with Crippen LogP contribution in [0.5, 0.6) is 0 Å². The fraction of sp³-hybridized carbons (Fsp3) is 0. The number of nitrogen functional groups attached to an aromatic ring is 1. The molecular weight excluding hydrogens is 396 g/mol. The highest BCUT2D eigenvalue weighted by atomic mass is 32.1. The third kappa shape index (κ3) is 3.81. The molecule has 0 unspecified atom stereocenters. The number of amides is 1. The Labute approximate surface area is 168 Å². The molecule has 0 spiro atoms. The summed E-state index contributed by atoms with van der Waals surface area (Å²) in [5.41, 5.74) is 7.31. The quantitative estimate of drug-likeness (QED) is 0.522. The van der Waals surface area contributed by atoms with E-state index in [-0.39, 0.29) is 5.82 Å². The largest absolute Gasteiger partial charge is 0.389 e. The average Bonchev–Trinajstić information content (AvgIpc) is 3.11. The number of hydrogen-bond acceptors (Lipinski definition) is 6. The number of rotatable bonds is 4.